The summed E-state index contributed by atoms with van der Waals surface area (Å²) in [7, 11) is 2.74. The molecule has 0 radical (unpaired) electrons. The van der Waals surface area contributed by atoms with Gasteiger partial charge in [0.2, 0.25) is 0 Å². The first-order valence-electron chi connectivity index (χ1n) is 3.77. The number of halogens is 1. The van der Waals surface area contributed by atoms with E-state index < -0.39 is 6.80 Å². The molecule has 0 amide bonds. The summed E-state index contributed by atoms with van der Waals surface area (Å²) in [5.74, 6) is 0. The number of benzene rings is 1. The van der Waals surface area contributed by atoms with Gasteiger partial charge in [0.15, 0.2) is 0 Å². The molecule has 0 saturated carbocycles. The van der Waals surface area contributed by atoms with Gasteiger partial charge in [0.1, 0.15) is 0 Å². The minimum Gasteiger partial charge on any atom is -0.304 e. The van der Waals surface area contributed by atoms with Crippen LogP contribution in [-0.2, 0) is 13.6 Å². The molecular weight excluding hydrogens is 287 g/mol. The summed E-state index contributed by atoms with van der Waals surface area (Å²) in [5.41, 5.74) is 0. The molecule has 1 aromatic rings. The smallest absolute Gasteiger partial charge is 0.304 e. The summed E-state index contributed by atoms with van der Waals surface area (Å²) in [6.45, 7) is -3.04. The van der Waals surface area contributed by atoms with Crippen molar-refractivity contribution in [3.8, 4) is 0 Å². The highest BCUT2D eigenvalue weighted by molar-refractivity contribution is 9.10. The zero-order chi connectivity index (χ0) is 10.6. The highest BCUT2D eigenvalue weighted by Crippen LogP contribution is 2.63. The second kappa shape index (κ2) is 5.33. The van der Waals surface area contributed by atoms with Crippen molar-refractivity contribution in [1.82, 2.24) is 0 Å². The summed E-state index contributed by atoms with van der Waals surface area (Å²) in [4.78, 5) is 0.833. The van der Waals surface area contributed by atoms with Gasteiger partial charge in [-0.1, -0.05) is 12.1 Å². The van der Waals surface area contributed by atoms with Gasteiger partial charge in [-0.25, -0.2) is 4.57 Å². The lowest BCUT2D eigenvalue weighted by molar-refractivity contribution is 0.295. The Morgan fingerprint density at radius 3 is 2.36 bits per heavy atom. The Labute approximate surface area is 95.6 Å². The van der Waals surface area contributed by atoms with Gasteiger partial charge in [-0.15, -0.1) is 0 Å². The Balaban J connectivity index is 2.88. The van der Waals surface area contributed by atoms with Gasteiger partial charge in [0.25, 0.3) is 0 Å². The normalized spacial score (nSPS) is 11.6. The molecule has 1 aromatic carbocycles. The van der Waals surface area contributed by atoms with E-state index in [0.717, 1.165) is 20.7 Å². The fourth-order valence-electron chi connectivity index (χ4n) is 0.788. The lowest BCUT2D eigenvalue weighted by atomic mass is 10.4. The number of hydrogen-bond donors (Lipinski definition) is 0. The molecule has 0 aliphatic heterocycles. The first kappa shape index (κ1) is 12.3. The predicted molar refractivity (Wildman–Crippen MR) is 61.6 cm³/mol. The van der Waals surface area contributed by atoms with Crippen molar-refractivity contribution < 1.29 is 13.6 Å². The molecule has 0 aliphatic rings. The van der Waals surface area contributed by atoms with E-state index in [-0.39, 0.29) is 0 Å². The maximum absolute atomic E-state index is 11.8. The average molecular weight is 297 g/mol. The van der Waals surface area contributed by atoms with E-state index in [0.29, 0.717) is 0 Å². The molecular formula is C8H10BrO3PS. The second-order valence-electron chi connectivity index (χ2n) is 2.33. The van der Waals surface area contributed by atoms with E-state index >= 15 is 0 Å². The van der Waals surface area contributed by atoms with Gasteiger partial charge in [0.05, 0.1) is 0 Å². The van der Waals surface area contributed by atoms with Gasteiger partial charge in [0, 0.05) is 23.6 Å². The zero-order valence-corrected chi connectivity index (χ0v) is 11.1. The highest BCUT2D eigenvalue weighted by atomic mass is 79.9. The first-order valence-corrected chi connectivity index (χ1v) is 7.52. The molecule has 0 aliphatic carbocycles. The maximum atomic E-state index is 11.8. The largest absolute Gasteiger partial charge is 0.393 e. The van der Waals surface area contributed by atoms with Crippen LogP contribution in [0.4, 0.5) is 0 Å². The SMILES string of the molecule is COP(=O)(OC)Sc1ccccc1Br. The van der Waals surface area contributed by atoms with Crippen LogP contribution in [0.3, 0.4) is 0 Å². The molecule has 0 fully saturated rings. The summed E-state index contributed by atoms with van der Waals surface area (Å²) in [6.07, 6.45) is 0. The summed E-state index contributed by atoms with van der Waals surface area (Å²) < 4.78 is 22.3. The van der Waals surface area contributed by atoms with Crippen molar-refractivity contribution in [2.24, 2.45) is 0 Å². The molecule has 0 spiro atoms. The third-order valence-corrected chi connectivity index (χ3v) is 6.27. The van der Waals surface area contributed by atoms with Crippen molar-refractivity contribution in [1.29, 1.82) is 0 Å². The Morgan fingerprint density at radius 1 is 1.29 bits per heavy atom. The predicted octanol–water partition coefficient (Wildman–Crippen LogP) is 3.94. The topological polar surface area (TPSA) is 35.5 Å². The number of rotatable bonds is 4. The Kier molecular flexibility index (Phi) is 4.67. The van der Waals surface area contributed by atoms with E-state index in [1.807, 2.05) is 24.3 Å². The molecule has 0 heterocycles. The minimum absolute atomic E-state index is 0.833. The van der Waals surface area contributed by atoms with Crippen LogP contribution in [0.25, 0.3) is 0 Å². The van der Waals surface area contributed by atoms with Crippen molar-refractivity contribution in [3.05, 3.63) is 28.7 Å². The van der Waals surface area contributed by atoms with Crippen molar-refractivity contribution >= 4 is 34.1 Å². The van der Waals surface area contributed by atoms with Gasteiger partial charge >= 0.3 is 6.80 Å². The van der Waals surface area contributed by atoms with Crippen LogP contribution in [0.1, 0.15) is 0 Å². The third kappa shape index (κ3) is 3.11. The van der Waals surface area contributed by atoms with E-state index in [1.54, 1.807) is 0 Å². The zero-order valence-electron chi connectivity index (χ0n) is 7.77. The van der Waals surface area contributed by atoms with Crippen molar-refractivity contribution in [3.63, 3.8) is 0 Å². The Bertz CT molecular complexity index is 350. The maximum Gasteiger partial charge on any atom is 0.393 e. The standard InChI is InChI=1S/C8H10BrO3PS/c1-11-13(10,12-2)14-8-6-4-3-5-7(8)9/h3-6H,1-2H3. The molecule has 0 atom stereocenters. The number of hydrogen-bond acceptors (Lipinski definition) is 4. The fraction of sp³-hybridized carbons (Fsp3) is 0.250. The van der Waals surface area contributed by atoms with E-state index in [1.165, 1.54) is 14.2 Å². The molecule has 0 bridgehead atoms. The van der Waals surface area contributed by atoms with Crippen LogP contribution in [0.5, 0.6) is 0 Å². The van der Waals surface area contributed by atoms with Crippen LogP contribution in [0, 0.1) is 0 Å². The molecule has 0 unspecified atom stereocenters. The van der Waals surface area contributed by atoms with Crippen LogP contribution >= 0.6 is 34.1 Å². The van der Waals surface area contributed by atoms with Crippen LogP contribution in [-0.4, -0.2) is 14.2 Å². The summed E-state index contributed by atoms with van der Waals surface area (Å²) >= 11 is 4.44. The van der Waals surface area contributed by atoms with Gasteiger partial charge in [-0.3, -0.25) is 0 Å². The molecule has 1 rings (SSSR count). The molecule has 14 heavy (non-hydrogen) atoms. The molecule has 0 N–H and O–H groups in total. The quantitative estimate of drug-likeness (QED) is 0.788. The molecule has 0 aromatic heterocycles. The Hall–Kier alpha value is 0.200. The highest BCUT2D eigenvalue weighted by Gasteiger charge is 2.23. The molecule has 0 saturated heterocycles. The minimum atomic E-state index is -3.04. The average Bonchev–Trinajstić information content (AvgIpc) is 2.21. The van der Waals surface area contributed by atoms with Crippen molar-refractivity contribution in [2.45, 2.75) is 4.90 Å². The van der Waals surface area contributed by atoms with Crippen LogP contribution in [0.2, 0.25) is 0 Å². The van der Waals surface area contributed by atoms with Crippen LogP contribution < -0.4 is 0 Å². The third-order valence-electron chi connectivity index (χ3n) is 1.49. The Morgan fingerprint density at radius 2 is 1.86 bits per heavy atom. The molecule has 6 heteroatoms. The monoisotopic (exact) mass is 296 g/mol. The van der Waals surface area contributed by atoms with E-state index in [2.05, 4.69) is 15.9 Å². The fourth-order valence-corrected chi connectivity index (χ4v) is 4.17. The van der Waals surface area contributed by atoms with Gasteiger partial charge in [-0.05, 0) is 39.4 Å². The first-order chi connectivity index (χ1) is 6.61. The van der Waals surface area contributed by atoms with Gasteiger partial charge in [-0.2, -0.15) is 0 Å². The van der Waals surface area contributed by atoms with Gasteiger partial charge < -0.3 is 9.05 Å². The van der Waals surface area contributed by atoms with E-state index in [4.69, 9.17) is 9.05 Å². The summed E-state index contributed by atoms with van der Waals surface area (Å²) in [5, 5.41) is 0. The molecule has 3 nitrogen and oxygen atoms in total. The van der Waals surface area contributed by atoms with Crippen molar-refractivity contribution in [2.75, 3.05) is 14.2 Å². The lowest BCUT2D eigenvalue weighted by Gasteiger charge is -2.12. The van der Waals surface area contributed by atoms with Crippen LogP contribution in [0.15, 0.2) is 33.6 Å². The second-order valence-corrected chi connectivity index (χ2v) is 7.32. The van der Waals surface area contributed by atoms with E-state index in [9.17, 15) is 4.57 Å². The summed E-state index contributed by atoms with van der Waals surface area (Å²) in [6, 6.07) is 7.47. The lowest BCUT2D eigenvalue weighted by Crippen LogP contribution is -1.83. The molecule has 78 valence electrons.